The van der Waals surface area contributed by atoms with Crippen LogP contribution in [0.3, 0.4) is 0 Å². The van der Waals surface area contributed by atoms with Gasteiger partial charge in [0, 0.05) is 32.8 Å². The third kappa shape index (κ3) is 6.08. The molecule has 1 fully saturated rings. The average Bonchev–Trinajstić information content (AvgIpc) is 2.60. The summed E-state index contributed by atoms with van der Waals surface area (Å²) in [6.45, 7) is 3.74. The van der Waals surface area contributed by atoms with E-state index in [1.54, 1.807) is 26.4 Å². The molecule has 0 atom stereocenters. The van der Waals surface area contributed by atoms with Gasteiger partial charge in [0.05, 0.1) is 13.7 Å². The van der Waals surface area contributed by atoms with Crippen LogP contribution in [0.1, 0.15) is 12.8 Å². The fourth-order valence-electron chi connectivity index (χ4n) is 2.61. The van der Waals surface area contributed by atoms with E-state index in [9.17, 15) is 4.79 Å². The number of nitrogens with zero attached hydrogens (tertiary/aromatic N) is 1. The first kappa shape index (κ1) is 17.6. The SMILES string of the molecule is COCCN1CCC(NC(=O)COc2ccc(OC)cc2)CC1. The summed E-state index contributed by atoms with van der Waals surface area (Å²) in [6.07, 6.45) is 1.94. The van der Waals surface area contributed by atoms with Gasteiger partial charge in [0.25, 0.3) is 5.91 Å². The summed E-state index contributed by atoms with van der Waals surface area (Å²) in [7, 11) is 3.33. The molecule has 0 unspecified atom stereocenters. The summed E-state index contributed by atoms with van der Waals surface area (Å²) in [6, 6.07) is 7.44. The van der Waals surface area contributed by atoms with Crippen molar-refractivity contribution in [2.45, 2.75) is 18.9 Å². The fraction of sp³-hybridized carbons (Fsp3) is 0.588. The molecule has 1 N–H and O–H groups in total. The van der Waals surface area contributed by atoms with Crippen LogP contribution in [0.2, 0.25) is 0 Å². The van der Waals surface area contributed by atoms with Crippen LogP contribution >= 0.6 is 0 Å². The maximum absolute atomic E-state index is 12.0. The van der Waals surface area contributed by atoms with E-state index in [4.69, 9.17) is 14.2 Å². The number of hydrogen-bond acceptors (Lipinski definition) is 5. The third-order valence-corrected chi connectivity index (χ3v) is 3.99. The molecule has 0 spiro atoms. The van der Waals surface area contributed by atoms with E-state index in [-0.39, 0.29) is 18.6 Å². The van der Waals surface area contributed by atoms with Gasteiger partial charge in [-0.15, -0.1) is 0 Å². The molecule has 1 aliphatic heterocycles. The molecule has 1 amide bonds. The standard InChI is InChI=1S/C17H26N2O4/c1-21-12-11-19-9-7-14(8-10-19)18-17(20)13-23-16-5-3-15(22-2)4-6-16/h3-6,14H,7-13H2,1-2H3,(H,18,20). The van der Waals surface area contributed by atoms with Gasteiger partial charge in [-0.05, 0) is 37.1 Å². The van der Waals surface area contributed by atoms with E-state index in [0.29, 0.717) is 5.75 Å². The van der Waals surface area contributed by atoms with Crippen molar-refractivity contribution in [2.75, 3.05) is 47.1 Å². The lowest BCUT2D eigenvalue weighted by Crippen LogP contribution is -2.46. The highest BCUT2D eigenvalue weighted by molar-refractivity contribution is 5.77. The van der Waals surface area contributed by atoms with Gasteiger partial charge in [-0.25, -0.2) is 0 Å². The van der Waals surface area contributed by atoms with Crippen molar-refractivity contribution in [2.24, 2.45) is 0 Å². The van der Waals surface area contributed by atoms with Gasteiger partial charge in [-0.3, -0.25) is 4.79 Å². The van der Waals surface area contributed by atoms with Crippen molar-refractivity contribution in [3.63, 3.8) is 0 Å². The smallest absolute Gasteiger partial charge is 0.258 e. The lowest BCUT2D eigenvalue weighted by Gasteiger charge is -2.32. The molecular weight excluding hydrogens is 296 g/mol. The van der Waals surface area contributed by atoms with Gasteiger partial charge in [-0.1, -0.05) is 0 Å². The number of carbonyl (C=O) groups is 1. The van der Waals surface area contributed by atoms with Crippen LogP contribution < -0.4 is 14.8 Å². The number of rotatable bonds is 8. The van der Waals surface area contributed by atoms with E-state index in [1.165, 1.54) is 0 Å². The Kier molecular flexibility index (Phi) is 7.16. The number of hydrogen-bond donors (Lipinski definition) is 1. The summed E-state index contributed by atoms with van der Waals surface area (Å²) in [5.74, 6) is 1.36. The molecule has 0 saturated carbocycles. The Hall–Kier alpha value is -1.79. The van der Waals surface area contributed by atoms with E-state index in [1.807, 2.05) is 12.1 Å². The maximum Gasteiger partial charge on any atom is 0.258 e. The molecule has 128 valence electrons. The van der Waals surface area contributed by atoms with Crippen molar-refractivity contribution in [1.29, 1.82) is 0 Å². The van der Waals surface area contributed by atoms with E-state index < -0.39 is 0 Å². The minimum absolute atomic E-state index is 0.0379. The average molecular weight is 322 g/mol. The number of nitrogens with one attached hydrogen (secondary N) is 1. The Balaban J connectivity index is 1.65. The zero-order valence-electron chi connectivity index (χ0n) is 13.9. The molecule has 1 saturated heterocycles. The molecule has 1 aromatic carbocycles. The second-order valence-corrected chi connectivity index (χ2v) is 5.64. The van der Waals surface area contributed by atoms with Crippen LogP contribution in [0.4, 0.5) is 0 Å². The van der Waals surface area contributed by atoms with Crippen LogP contribution in [-0.2, 0) is 9.53 Å². The summed E-state index contributed by atoms with van der Waals surface area (Å²) in [5.41, 5.74) is 0. The summed E-state index contributed by atoms with van der Waals surface area (Å²) in [5, 5.41) is 3.04. The number of benzene rings is 1. The number of likely N-dealkylation sites (tertiary alicyclic amines) is 1. The number of piperidine rings is 1. The molecule has 1 aromatic rings. The molecule has 1 heterocycles. The third-order valence-electron chi connectivity index (χ3n) is 3.99. The van der Waals surface area contributed by atoms with E-state index >= 15 is 0 Å². The lowest BCUT2D eigenvalue weighted by molar-refractivity contribution is -0.124. The first-order valence-corrected chi connectivity index (χ1v) is 7.98. The van der Waals surface area contributed by atoms with Crippen molar-refractivity contribution >= 4 is 5.91 Å². The first-order chi connectivity index (χ1) is 11.2. The first-order valence-electron chi connectivity index (χ1n) is 7.98. The largest absolute Gasteiger partial charge is 0.497 e. The van der Waals surface area contributed by atoms with Crippen molar-refractivity contribution < 1.29 is 19.0 Å². The van der Waals surface area contributed by atoms with Crippen LogP contribution in [0.25, 0.3) is 0 Å². The predicted molar refractivity (Wildman–Crippen MR) is 88.0 cm³/mol. The topological polar surface area (TPSA) is 60.0 Å². The summed E-state index contributed by atoms with van der Waals surface area (Å²) >= 11 is 0. The van der Waals surface area contributed by atoms with Crippen molar-refractivity contribution in [3.05, 3.63) is 24.3 Å². The summed E-state index contributed by atoms with van der Waals surface area (Å²) in [4.78, 5) is 14.3. The number of methoxy groups -OCH3 is 2. The monoisotopic (exact) mass is 322 g/mol. The number of ether oxygens (including phenoxy) is 3. The van der Waals surface area contributed by atoms with Gasteiger partial charge in [0.2, 0.25) is 0 Å². The minimum Gasteiger partial charge on any atom is -0.497 e. The van der Waals surface area contributed by atoms with Gasteiger partial charge in [-0.2, -0.15) is 0 Å². The van der Waals surface area contributed by atoms with E-state index in [2.05, 4.69) is 10.2 Å². The molecule has 6 nitrogen and oxygen atoms in total. The Morgan fingerprint density at radius 3 is 2.43 bits per heavy atom. The number of amides is 1. The highest BCUT2D eigenvalue weighted by Crippen LogP contribution is 2.17. The van der Waals surface area contributed by atoms with Gasteiger partial charge >= 0.3 is 0 Å². The predicted octanol–water partition coefficient (Wildman–Crippen LogP) is 1.30. The van der Waals surface area contributed by atoms with Gasteiger partial charge < -0.3 is 24.4 Å². The van der Waals surface area contributed by atoms with Crippen LogP contribution in [0.15, 0.2) is 24.3 Å². The molecule has 0 bridgehead atoms. The van der Waals surface area contributed by atoms with Crippen molar-refractivity contribution in [1.82, 2.24) is 10.2 Å². The second-order valence-electron chi connectivity index (χ2n) is 5.64. The Bertz CT molecular complexity index is 470. The normalized spacial score (nSPS) is 16.1. The van der Waals surface area contributed by atoms with Crippen LogP contribution in [0, 0.1) is 0 Å². The highest BCUT2D eigenvalue weighted by atomic mass is 16.5. The fourth-order valence-corrected chi connectivity index (χ4v) is 2.61. The molecular formula is C17H26N2O4. The van der Waals surface area contributed by atoms with Crippen LogP contribution in [0.5, 0.6) is 11.5 Å². The van der Waals surface area contributed by atoms with Gasteiger partial charge in [0.15, 0.2) is 6.61 Å². The molecule has 2 rings (SSSR count). The molecule has 1 aliphatic rings. The summed E-state index contributed by atoms with van der Waals surface area (Å²) < 4.78 is 15.7. The molecule has 0 aliphatic carbocycles. The molecule has 6 heteroatoms. The zero-order valence-corrected chi connectivity index (χ0v) is 13.9. The molecule has 23 heavy (non-hydrogen) atoms. The Labute approximate surface area is 137 Å². The van der Waals surface area contributed by atoms with Crippen LogP contribution in [-0.4, -0.2) is 63.9 Å². The Morgan fingerprint density at radius 1 is 1.17 bits per heavy atom. The highest BCUT2D eigenvalue weighted by Gasteiger charge is 2.20. The zero-order chi connectivity index (χ0) is 16.5. The quantitative estimate of drug-likeness (QED) is 0.782. The number of carbonyl (C=O) groups excluding carboxylic acids is 1. The second kappa shape index (κ2) is 9.37. The molecule has 0 aromatic heterocycles. The van der Waals surface area contributed by atoms with Gasteiger partial charge in [0.1, 0.15) is 11.5 Å². The lowest BCUT2D eigenvalue weighted by atomic mass is 10.1. The Morgan fingerprint density at radius 2 is 1.83 bits per heavy atom. The maximum atomic E-state index is 12.0. The molecule has 0 radical (unpaired) electrons. The minimum atomic E-state index is -0.0730. The van der Waals surface area contributed by atoms with E-state index in [0.717, 1.165) is 44.8 Å². The van der Waals surface area contributed by atoms with Crippen molar-refractivity contribution in [3.8, 4) is 11.5 Å².